The predicted octanol–water partition coefficient (Wildman–Crippen LogP) is 3.18. The molecule has 3 rings (SSSR count). The summed E-state index contributed by atoms with van der Waals surface area (Å²) < 4.78 is 5.62. The lowest BCUT2D eigenvalue weighted by Gasteiger charge is -2.42. The van der Waals surface area contributed by atoms with Crippen molar-refractivity contribution in [2.75, 3.05) is 7.11 Å². The van der Waals surface area contributed by atoms with Crippen molar-refractivity contribution in [1.29, 1.82) is 0 Å². The smallest absolute Gasteiger partial charge is 0.285 e. The number of piperazine rings is 1. The van der Waals surface area contributed by atoms with Crippen molar-refractivity contribution < 1.29 is 14.3 Å². The van der Waals surface area contributed by atoms with Gasteiger partial charge in [0.05, 0.1) is 6.54 Å². The average Bonchev–Trinajstić information content (AvgIpc) is 2.68. The van der Waals surface area contributed by atoms with Crippen LogP contribution in [0.2, 0.25) is 0 Å². The van der Waals surface area contributed by atoms with E-state index in [0.717, 1.165) is 5.56 Å². The number of nitrogens with one attached hydrogen (secondary N) is 1. The van der Waals surface area contributed by atoms with Gasteiger partial charge in [-0.25, -0.2) is 0 Å². The third kappa shape index (κ3) is 3.64. The van der Waals surface area contributed by atoms with E-state index in [2.05, 4.69) is 5.32 Å². The molecule has 0 aromatic heterocycles. The van der Waals surface area contributed by atoms with E-state index >= 15 is 0 Å². The summed E-state index contributed by atoms with van der Waals surface area (Å²) in [7, 11) is 1.43. The fraction of sp³-hybridized carbons (Fsp3) is 0.273. The van der Waals surface area contributed by atoms with Crippen molar-refractivity contribution in [3.05, 3.63) is 83.6 Å². The highest BCUT2D eigenvalue weighted by Crippen LogP contribution is 2.32. The molecule has 1 aliphatic rings. The Balaban J connectivity index is 2.09. The summed E-state index contributed by atoms with van der Waals surface area (Å²) in [6, 6.07) is 18.7. The summed E-state index contributed by atoms with van der Waals surface area (Å²) in [5.41, 5.74) is 0.338. The van der Waals surface area contributed by atoms with Crippen molar-refractivity contribution in [2.45, 2.75) is 26.1 Å². The van der Waals surface area contributed by atoms with E-state index in [-0.39, 0.29) is 17.7 Å². The molecule has 0 saturated carbocycles. The molecule has 0 spiro atoms. The SMILES string of the molecule is COC1(c2ccccc2)NC(=O)/C(=C\C(C)C)N(Cc2ccccc2)C1=O. The van der Waals surface area contributed by atoms with Crippen LogP contribution in [-0.4, -0.2) is 23.8 Å². The zero-order valence-electron chi connectivity index (χ0n) is 15.8. The van der Waals surface area contributed by atoms with E-state index in [9.17, 15) is 9.59 Å². The number of methoxy groups -OCH3 is 1. The summed E-state index contributed by atoms with van der Waals surface area (Å²) in [5, 5.41) is 2.80. The first kappa shape index (κ1) is 18.9. The number of carbonyl (C=O) groups excluding carboxylic acids is 2. The van der Waals surface area contributed by atoms with E-state index in [1.807, 2.05) is 62.4 Å². The monoisotopic (exact) mass is 364 g/mol. The van der Waals surface area contributed by atoms with Crippen LogP contribution in [0.5, 0.6) is 0 Å². The first-order chi connectivity index (χ1) is 13.0. The first-order valence-electron chi connectivity index (χ1n) is 8.99. The van der Waals surface area contributed by atoms with Gasteiger partial charge in [0.1, 0.15) is 5.70 Å². The Morgan fingerprint density at radius 2 is 1.63 bits per heavy atom. The molecule has 0 aliphatic carbocycles. The molecule has 5 heteroatoms. The minimum absolute atomic E-state index is 0.114. The Kier molecular flexibility index (Phi) is 5.42. The minimum atomic E-state index is -1.54. The van der Waals surface area contributed by atoms with Gasteiger partial charge in [-0.05, 0) is 11.5 Å². The Labute approximate surface area is 159 Å². The van der Waals surface area contributed by atoms with Crippen molar-refractivity contribution in [2.24, 2.45) is 5.92 Å². The zero-order valence-corrected chi connectivity index (χ0v) is 15.8. The van der Waals surface area contributed by atoms with Crippen LogP contribution in [-0.2, 0) is 26.6 Å². The number of allylic oxidation sites excluding steroid dienone is 1. The normalized spacial score (nSPS) is 21.6. The molecule has 0 radical (unpaired) electrons. The van der Waals surface area contributed by atoms with Gasteiger partial charge in [0.15, 0.2) is 0 Å². The molecule has 1 fully saturated rings. The van der Waals surface area contributed by atoms with Crippen molar-refractivity contribution in [3.63, 3.8) is 0 Å². The second-order valence-electron chi connectivity index (χ2n) is 6.88. The Morgan fingerprint density at radius 1 is 1.04 bits per heavy atom. The molecule has 2 aromatic carbocycles. The number of nitrogens with zero attached hydrogens (tertiary/aromatic N) is 1. The number of ether oxygens (including phenoxy) is 1. The van der Waals surface area contributed by atoms with Crippen LogP contribution in [0.15, 0.2) is 72.4 Å². The number of amides is 2. The van der Waals surface area contributed by atoms with Gasteiger partial charge in [0.25, 0.3) is 11.8 Å². The van der Waals surface area contributed by atoms with E-state index < -0.39 is 5.72 Å². The van der Waals surface area contributed by atoms with E-state index in [4.69, 9.17) is 4.74 Å². The maximum atomic E-state index is 13.6. The lowest BCUT2D eigenvalue weighted by molar-refractivity contribution is -0.170. The highest BCUT2D eigenvalue weighted by molar-refractivity contribution is 6.06. The van der Waals surface area contributed by atoms with Gasteiger partial charge in [-0.2, -0.15) is 0 Å². The molecule has 5 nitrogen and oxygen atoms in total. The minimum Gasteiger partial charge on any atom is -0.347 e. The van der Waals surface area contributed by atoms with Crippen molar-refractivity contribution in [3.8, 4) is 0 Å². The fourth-order valence-electron chi connectivity index (χ4n) is 3.23. The maximum Gasteiger partial charge on any atom is 0.285 e. The van der Waals surface area contributed by atoms with Gasteiger partial charge in [0.2, 0.25) is 5.72 Å². The molecular weight excluding hydrogens is 340 g/mol. The third-order valence-corrected chi connectivity index (χ3v) is 4.52. The van der Waals surface area contributed by atoms with Crippen LogP contribution >= 0.6 is 0 Å². The summed E-state index contributed by atoms with van der Waals surface area (Å²) in [6.07, 6.45) is 1.81. The van der Waals surface area contributed by atoms with Gasteiger partial charge >= 0.3 is 0 Å². The standard InChI is InChI=1S/C22H24N2O3/c1-16(2)14-19-20(25)23-22(27-3,18-12-8-5-9-13-18)21(26)24(19)15-17-10-6-4-7-11-17/h4-14,16H,15H2,1-3H3,(H,23,25)/b19-14+. The van der Waals surface area contributed by atoms with Gasteiger partial charge in [0, 0.05) is 12.7 Å². The summed E-state index contributed by atoms with van der Waals surface area (Å²) >= 11 is 0. The second-order valence-corrected chi connectivity index (χ2v) is 6.88. The highest BCUT2D eigenvalue weighted by Gasteiger charge is 2.51. The average molecular weight is 364 g/mol. The molecule has 1 unspecified atom stereocenters. The largest absolute Gasteiger partial charge is 0.347 e. The van der Waals surface area contributed by atoms with Gasteiger partial charge in [-0.1, -0.05) is 80.6 Å². The lowest BCUT2D eigenvalue weighted by Crippen LogP contribution is -2.64. The molecule has 2 amide bonds. The van der Waals surface area contributed by atoms with Crippen LogP contribution in [0.3, 0.4) is 0 Å². The second kappa shape index (κ2) is 7.76. The van der Waals surface area contributed by atoms with E-state index in [0.29, 0.717) is 17.8 Å². The van der Waals surface area contributed by atoms with Gasteiger partial charge in [-0.3, -0.25) is 14.5 Å². The molecule has 1 atom stereocenters. The van der Waals surface area contributed by atoms with Crippen LogP contribution in [0.4, 0.5) is 0 Å². The number of hydrogen-bond donors (Lipinski definition) is 1. The van der Waals surface area contributed by atoms with E-state index in [1.165, 1.54) is 12.0 Å². The molecular formula is C22H24N2O3. The third-order valence-electron chi connectivity index (χ3n) is 4.52. The van der Waals surface area contributed by atoms with Crippen LogP contribution in [0, 0.1) is 5.92 Å². The molecule has 1 heterocycles. The first-order valence-corrected chi connectivity index (χ1v) is 8.99. The Morgan fingerprint density at radius 3 is 2.19 bits per heavy atom. The van der Waals surface area contributed by atoms with Gasteiger partial charge < -0.3 is 10.1 Å². The predicted molar refractivity (Wildman–Crippen MR) is 103 cm³/mol. The Hall–Kier alpha value is -2.92. The number of hydrogen-bond acceptors (Lipinski definition) is 3. The molecule has 1 saturated heterocycles. The number of carbonyl (C=O) groups is 2. The van der Waals surface area contributed by atoms with Gasteiger partial charge in [-0.15, -0.1) is 0 Å². The molecule has 1 aliphatic heterocycles. The highest BCUT2D eigenvalue weighted by atomic mass is 16.5. The Bertz CT molecular complexity index is 846. The zero-order chi connectivity index (χ0) is 19.4. The molecule has 27 heavy (non-hydrogen) atoms. The molecule has 140 valence electrons. The fourth-order valence-corrected chi connectivity index (χ4v) is 3.23. The topological polar surface area (TPSA) is 58.6 Å². The van der Waals surface area contributed by atoms with Crippen molar-refractivity contribution in [1.82, 2.24) is 10.2 Å². The molecule has 2 aromatic rings. The maximum absolute atomic E-state index is 13.6. The van der Waals surface area contributed by atoms with Crippen LogP contribution < -0.4 is 5.32 Å². The summed E-state index contributed by atoms with van der Waals surface area (Å²) in [4.78, 5) is 28.1. The number of rotatable bonds is 5. The lowest BCUT2D eigenvalue weighted by atomic mass is 9.96. The van der Waals surface area contributed by atoms with Crippen LogP contribution in [0.25, 0.3) is 0 Å². The van der Waals surface area contributed by atoms with Crippen molar-refractivity contribution >= 4 is 11.8 Å². The van der Waals surface area contributed by atoms with Crippen LogP contribution in [0.1, 0.15) is 25.0 Å². The number of benzene rings is 2. The summed E-state index contributed by atoms with van der Waals surface area (Å²) in [5.74, 6) is -0.528. The van der Waals surface area contributed by atoms with E-state index in [1.54, 1.807) is 18.2 Å². The quantitative estimate of drug-likeness (QED) is 0.829. The molecule has 1 N–H and O–H groups in total. The summed E-state index contributed by atoms with van der Waals surface area (Å²) in [6.45, 7) is 4.24. The molecule has 0 bridgehead atoms.